The summed E-state index contributed by atoms with van der Waals surface area (Å²) in [6.45, 7) is 4.07. The van der Waals surface area contributed by atoms with E-state index in [1.165, 1.54) is 11.1 Å². The third-order valence-electron chi connectivity index (χ3n) is 2.96. The standard InChI is InChI=1S/C15H16BrNO2/c1-10-5-3-4-6-12(10)9-11(2)17-15(18)13-7-8-14(16)19-13/h3-8,11H,9H2,1-2H3,(H,17,18). The maximum absolute atomic E-state index is 11.9. The summed E-state index contributed by atoms with van der Waals surface area (Å²) in [4.78, 5) is 11.9. The number of amides is 1. The summed E-state index contributed by atoms with van der Waals surface area (Å²) in [5.41, 5.74) is 2.49. The lowest BCUT2D eigenvalue weighted by Crippen LogP contribution is -2.34. The first-order chi connectivity index (χ1) is 9.06. The van der Waals surface area contributed by atoms with Crippen LogP contribution in [-0.4, -0.2) is 11.9 Å². The van der Waals surface area contributed by atoms with Gasteiger partial charge in [-0.05, 0) is 59.5 Å². The lowest BCUT2D eigenvalue weighted by Gasteiger charge is -2.14. The zero-order valence-electron chi connectivity index (χ0n) is 10.9. The molecular weight excluding hydrogens is 306 g/mol. The summed E-state index contributed by atoms with van der Waals surface area (Å²) in [7, 11) is 0. The second-order valence-electron chi connectivity index (χ2n) is 4.61. The number of aryl methyl sites for hydroxylation is 1. The lowest BCUT2D eigenvalue weighted by atomic mass is 10.0. The Bertz CT molecular complexity index is 577. The van der Waals surface area contributed by atoms with Crippen molar-refractivity contribution < 1.29 is 9.21 Å². The van der Waals surface area contributed by atoms with Crippen molar-refractivity contribution in [2.24, 2.45) is 0 Å². The van der Waals surface area contributed by atoms with E-state index in [4.69, 9.17) is 4.42 Å². The highest BCUT2D eigenvalue weighted by Gasteiger charge is 2.14. The Hall–Kier alpha value is -1.55. The molecule has 1 atom stereocenters. The summed E-state index contributed by atoms with van der Waals surface area (Å²) in [5, 5.41) is 2.93. The Morgan fingerprint density at radius 3 is 2.68 bits per heavy atom. The second-order valence-corrected chi connectivity index (χ2v) is 5.39. The SMILES string of the molecule is Cc1ccccc1CC(C)NC(=O)c1ccc(Br)o1. The van der Waals surface area contributed by atoms with Crippen LogP contribution in [0.15, 0.2) is 45.5 Å². The highest BCUT2D eigenvalue weighted by molar-refractivity contribution is 9.10. The van der Waals surface area contributed by atoms with Crippen molar-refractivity contribution in [3.63, 3.8) is 0 Å². The van der Waals surface area contributed by atoms with E-state index in [2.05, 4.69) is 40.3 Å². The van der Waals surface area contributed by atoms with Gasteiger partial charge in [-0.3, -0.25) is 4.79 Å². The average molecular weight is 322 g/mol. The molecule has 0 saturated carbocycles. The molecule has 0 spiro atoms. The van der Waals surface area contributed by atoms with Gasteiger partial charge in [0.2, 0.25) is 0 Å². The maximum atomic E-state index is 11.9. The van der Waals surface area contributed by atoms with E-state index >= 15 is 0 Å². The molecule has 0 aliphatic carbocycles. The van der Waals surface area contributed by atoms with Gasteiger partial charge in [0.1, 0.15) is 0 Å². The van der Waals surface area contributed by atoms with Crippen molar-refractivity contribution in [3.8, 4) is 0 Å². The molecule has 0 radical (unpaired) electrons. The van der Waals surface area contributed by atoms with E-state index < -0.39 is 0 Å². The third kappa shape index (κ3) is 3.70. The first kappa shape index (κ1) is 13.9. The Balaban J connectivity index is 1.96. The Labute approximate surface area is 121 Å². The van der Waals surface area contributed by atoms with Gasteiger partial charge in [0.15, 0.2) is 10.4 Å². The highest BCUT2D eigenvalue weighted by Crippen LogP contribution is 2.14. The first-order valence-electron chi connectivity index (χ1n) is 6.17. The van der Waals surface area contributed by atoms with Crippen LogP contribution < -0.4 is 5.32 Å². The van der Waals surface area contributed by atoms with Gasteiger partial charge in [0, 0.05) is 6.04 Å². The Morgan fingerprint density at radius 1 is 1.32 bits per heavy atom. The number of halogens is 1. The van der Waals surface area contributed by atoms with Crippen molar-refractivity contribution in [2.45, 2.75) is 26.3 Å². The van der Waals surface area contributed by atoms with Gasteiger partial charge >= 0.3 is 0 Å². The van der Waals surface area contributed by atoms with Crippen molar-refractivity contribution in [2.75, 3.05) is 0 Å². The second kappa shape index (κ2) is 6.06. The molecule has 1 heterocycles. The molecule has 1 aromatic carbocycles. The van der Waals surface area contributed by atoms with Crippen LogP contribution in [0.3, 0.4) is 0 Å². The van der Waals surface area contributed by atoms with Crippen molar-refractivity contribution >= 4 is 21.8 Å². The van der Waals surface area contributed by atoms with Crippen molar-refractivity contribution in [1.29, 1.82) is 0 Å². The molecule has 2 aromatic rings. The van der Waals surface area contributed by atoms with Crippen LogP contribution in [-0.2, 0) is 6.42 Å². The summed E-state index contributed by atoms with van der Waals surface area (Å²) >= 11 is 3.18. The zero-order valence-corrected chi connectivity index (χ0v) is 12.5. The number of nitrogens with one attached hydrogen (secondary N) is 1. The molecule has 0 aliphatic heterocycles. The largest absolute Gasteiger partial charge is 0.444 e. The summed E-state index contributed by atoms with van der Waals surface area (Å²) in [5.74, 6) is 0.135. The summed E-state index contributed by atoms with van der Waals surface area (Å²) < 4.78 is 5.78. The number of rotatable bonds is 4. The highest BCUT2D eigenvalue weighted by atomic mass is 79.9. The van der Waals surface area contributed by atoms with E-state index in [0.717, 1.165) is 6.42 Å². The summed E-state index contributed by atoms with van der Waals surface area (Å²) in [6, 6.07) is 11.6. The van der Waals surface area contributed by atoms with Gasteiger partial charge in [-0.2, -0.15) is 0 Å². The Kier molecular flexibility index (Phi) is 4.43. The van der Waals surface area contributed by atoms with E-state index in [1.54, 1.807) is 12.1 Å². The molecule has 2 rings (SSSR count). The van der Waals surface area contributed by atoms with Crippen LogP contribution >= 0.6 is 15.9 Å². The van der Waals surface area contributed by atoms with E-state index in [9.17, 15) is 4.79 Å². The molecule has 0 fully saturated rings. The van der Waals surface area contributed by atoms with Crippen LogP contribution in [0, 0.1) is 6.92 Å². The van der Waals surface area contributed by atoms with Gasteiger partial charge < -0.3 is 9.73 Å². The number of hydrogen-bond donors (Lipinski definition) is 1. The Morgan fingerprint density at radius 2 is 2.05 bits per heavy atom. The zero-order chi connectivity index (χ0) is 13.8. The molecule has 100 valence electrons. The molecule has 0 saturated heterocycles. The number of hydrogen-bond acceptors (Lipinski definition) is 2. The van der Waals surface area contributed by atoms with Gasteiger partial charge in [-0.25, -0.2) is 0 Å². The molecule has 19 heavy (non-hydrogen) atoms. The van der Waals surface area contributed by atoms with Crippen LogP contribution in [0.5, 0.6) is 0 Å². The van der Waals surface area contributed by atoms with Gasteiger partial charge in [-0.1, -0.05) is 24.3 Å². The minimum Gasteiger partial charge on any atom is -0.444 e. The third-order valence-corrected chi connectivity index (χ3v) is 3.39. The smallest absolute Gasteiger partial charge is 0.287 e. The topological polar surface area (TPSA) is 42.2 Å². The van der Waals surface area contributed by atoms with Crippen LogP contribution in [0.25, 0.3) is 0 Å². The van der Waals surface area contributed by atoms with Crippen molar-refractivity contribution in [3.05, 3.63) is 58.0 Å². The van der Waals surface area contributed by atoms with Crippen LogP contribution in [0.4, 0.5) is 0 Å². The van der Waals surface area contributed by atoms with Crippen molar-refractivity contribution in [1.82, 2.24) is 5.32 Å². The monoisotopic (exact) mass is 321 g/mol. The summed E-state index contributed by atoms with van der Waals surface area (Å²) in [6.07, 6.45) is 0.806. The fourth-order valence-corrected chi connectivity index (χ4v) is 2.26. The molecule has 4 heteroatoms. The van der Waals surface area contributed by atoms with E-state index in [1.807, 2.05) is 19.1 Å². The number of carbonyl (C=O) groups is 1. The van der Waals surface area contributed by atoms with Gasteiger partial charge in [0.25, 0.3) is 5.91 Å². The minimum atomic E-state index is -0.188. The maximum Gasteiger partial charge on any atom is 0.287 e. The molecule has 3 nitrogen and oxygen atoms in total. The quantitative estimate of drug-likeness (QED) is 0.932. The van der Waals surface area contributed by atoms with E-state index in [0.29, 0.717) is 10.4 Å². The molecule has 1 N–H and O–H groups in total. The van der Waals surface area contributed by atoms with Gasteiger partial charge in [0.05, 0.1) is 0 Å². The fraction of sp³-hybridized carbons (Fsp3) is 0.267. The molecule has 1 amide bonds. The number of benzene rings is 1. The predicted molar refractivity (Wildman–Crippen MR) is 78.2 cm³/mol. The molecule has 1 unspecified atom stereocenters. The normalized spacial score (nSPS) is 12.2. The lowest BCUT2D eigenvalue weighted by molar-refractivity contribution is 0.0911. The van der Waals surface area contributed by atoms with Crippen LogP contribution in [0.1, 0.15) is 28.6 Å². The molecule has 0 aliphatic rings. The van der Waals surface area contributed by atoms with Gasteiger partial charge in [-0.15, -0.1) is 0 Å². The number of furan rings is 1. The minimum absolute atomic E-state index is 0.0532. The fourth-order valence-electron chi connectivity index (χ4n) is 1.95. The van der Waals surface area contributed by atoms with E-state index in [-0.39, 0.29) is 11.9 Å². The molecule has 1 aromatic heterocycles. The average Bonchev–Trinajstić information content (AvgIpc) is 2.79. The molecule has 0 bridgehead atoms. The molecular formula is C15H16BrNO2. The first-order valence-corrected chi connectivity index (χ1v) is 6.96. The predicted octanol–water partition coefficient (Wildman–Crippen LogP) is 3.71. The van der Waals surface area contributed by atoms with Crippen LogP contribution in [0.2, 0.25) is 0 Å². The number of carbonyl (C=O) groups excluding carboxylic acids is 1.